The van der Waals surface area contributed by atoms with Crippen molar-refractivity contribution in [2.45, 2.75) is 32.4 Å². The summed E-state index contributed by atoms with van der Waals surface area (Å²) in [6, 6.07) is 7.76. The number of nitrogens with zero attached hydrogens (tertiary/aromatic N) is 2. The number of nitrogens with two attached hydrogens (primary N) is 1. The van der Waals surface area contributed by atoms with Crippen LogP contribution in [-0.4, -0.2) is 16.9 Å². The molecule has 0 amide bonds. The van der Waals surface area contributed by atoms with Crippen LogP contribution in [-0.2, 0) is 6.42 Å². The van der Waals surface area contributed by atoms with Crippen LogP contribution in [0, 0.1) is 0 Å². The molecule has 2 aromatic rings. The molecule has 0 aliphatic heterocycles. The Bertz CT molecular complexity index is 580. The first-order valence-electron chi connectivity index (χ1n) is 6.65. The Morgan fingerprint density at radius 3 is 2.65 bits per heavy atom. The summed E-state index contributed by atoms with van der Waals surface area (Å²) in [6.07, 6.45) is 2.36. The molecule has 0 fully saturated rings. The normalized spacial score (nSPS) is 12.7. The maximum Gasteiger partial charge on any atom is 0.161 e. The SMILES string of the molecule is COc1cnn(C(C)C)c1C(N)Cc1ccccc1Cl. The Hall–Kier alpha value is -1.52. The van der Waals surface area contributed by atoms with Crippen LogP contribution in [0.15, 0.2) is 30.5 Å². The number of hydrogen-bond acceptors (Lipinski definition) is 3. The van der Waals surface area contributed by atoms with Crippen molar-refractivity contribution in [3.8, 4) is 5.75 Å². The molecule has 20 heavy (non-hydrogen) atoms. The van der Waals surface area contributed by atoms with E-state index in [1.54, 1.807) is 13.3 Å². The van der Waals surface area contributed by atoms with E-state index in [9.17, 15) is 0 Å². The van der Waals surface area contributed by atoms with E-state index < -0.39 is 0 Å². The molecule has 2 N–H and O–H groups in total. The summed E-state index contributed by atoms with van der Waals surface area (Å²) in [5, 5.41) is 5.08. The smallest absolute Gasteiger partial charge is 0.161 e. The van der Waals surface area contributed by atoms with Crippen LogP contribution in [0.25, 0.3) is 0 Å². The molecule has 0 aliphatic carbocycles. The highest BCUT2D eigenvalue weighted by Crippen LogP contribution is 2.29. The van der Waals surface area contributed by atoms with Gasteiger partial charge in [-0.1, -0.05) is 29.8 Å². The molecule has 1 aromatic heterocycles. The van der Waals surface area contributed by atoms with Crippen molar-refractivity contribution in [1.82, 2.24) is 9.78 Å². The third-order valence-electron chi connectivity index (χ3n) is 3.26. The summed E-state index contributed by atoms with van der Waals surface area (Å²) in [4.78, 5) is 0. The van der Waals surface area contributed by atoms with E-state index in [0.29, 0.717) is 6.42 Å². The van der Waals surface area contributed by atoms with Crippen molar-refractivity contribution in [1.29, 1.82) is 0 Å². The Kier molecular flexibility index (Phi) is 4.68. The summed E-state index contributed by atoms with van der Waals surface area (Å²) in [7, 11) is 1.63. The minimum atomic E-state index is -0.213. The summed E-state index contributed by atoms with van der Waals surface area (Å²) < 4.78 is 7.27. The lowest BCUT2D eigenvalue weighted by molar-refractivity contribution is 0.396. The molecule has 0 spiro atoms. The fraction of sp³-hybridized carbons (Fsp3) is 0.400. The van der Waals surface area contributed by atoms with Gasteiger partial charge in [0.2, 0.25) is 0 Å². The van der Waals surface area contributed by atoms with Crippen LogP contribution in [0.5, 0.6) is 5.75 Å². The number of aromatic nitrogens is 2. The highest BCUT2D eigenvalue weighted by Gasteiger charge is 2.21. The Morgan fingerprint density at radius 1 is 1.35 bits per heavy atom. The first kappa shape index (κ1) is 14.9. The van der Waals surface area contributed by atoms with E-state index >= 15 is 0 Å². The highest BCUT2D eigenvalue weighted by atomic mass is 35.5. The Morgan fingerprint density at radius 2 is 2.05 bits per heavy atom. The molecule has 1 atom stereocenters. The van der Waals surface area contributed by atoms with Gasteiger partial charge in [0.15, 0.2) is 5.75 Å². The van der Waals surface area contributed by atoms with Gasteiger partial charge in [-0.2, -0.15) is 5.10 Å². The van der Waals surface area contributed by atoms with Crippen molar-refractivity contribution >= 4 is 11.6 Å². The average molecular weight is 294 g/mol. The van der Waals surface area contributed by atoms with Crippen molar-refractivity contribution < 1.29 is 4.74 Å². The van der Waals surface area contributed by atoms with Gasteiger partial charge < -0.3 is 10.5 Å². The average Bonchev–Trinajstić information content (AvgIpc) is 2.85. The molecule has 0 saturated heterocycles. The van der Waals surface area contributed by atoms with E-state index in [1.165, 1.54) is 0 Å². The molecule has 0 bridgehead atoms. The van der Waals surface area contributed by atoms with E-state index in [-0.39, 0.29) is 12.1 Å². The Labute approximate surface area is 124 Å². The topological polar surface area (TPSA) is 53.1 Å². The standard InChI is InChI=1S/C15H20ClN3O/c1-10(2)19-15(14(20-3)9-18-19)13(17)8-11-6-4-5-7-12(11)16/h4-7,9-10,13H,8,17H2,1-3H3. The third-order valence-corrected chi connectivity index (χ3v) is 3.63. The van der Waals surface area contributed by atoms with Crippen LogP contribution in [0.4, 0.5) is 0 Å². The van der Waals surface area contributed by atoms with Crippen LogP contribution >= 0.6 is 11.6 Å². The van der Waals surface area contributed by atoms with Gasteiger partial charge in [0.25, 0.3) is 0 Å². The van der Waals surface area contributed by atoms with Gasteiger partial charge >= 0.3 is 0 Å². The van der Waals surface area contributed by atoms with Crippen molar-refractivity contribution in [3.05, 3.63) is 46.7 Å². The lowest BCUT2D eigenvalue weighted by atomic mass is 10.0. The van der Waals surface area contributed by atoms with Gasteiger partial charge in [0, 0.05) is 11.1 Å². The highest BCUT2D eigenvalue weighted by molar-refractivity contribution is 6.31. The minimum Gasteiger partial charge on any atom is -0.493 e. The lowest BCUT2D eigenvalue weighted by Crippen LogP contribution is -2.20. The van der Waals surface area contributed by atoms with Gasteiger partial charge in [0.05, 0.1) is 25.0 Å². The molecule has 1 unspecified atom stereocenters. The number of methoxy groups -OCH3 is 1. The molecule has 5 heteroatoms. The first-order valence-corrected chi connectivity index (χ1v) is 7.02. The zero-order valence-electron chi connectivity index (χ0n) is 12.0. The van der Waals surface area contributed by atoms with Gasteiger partial charge in [0.1, 0.15) is 0 Å². The maximum atomic E-state index is 6.36. The second-order valence-electron chi connectivity index (χ2n) is 5.04. The number of halogens is 1. The Balaban J connectivity index is 2.31. The molecule has 108 valence electrons. The van der Waals surface area contributed by atoms with Crippen LogP contribution < -0.4 is 10.5 Å². The summed E-state index contributed by atoms with van der Waals surface area (Å²) in [6.45, 7) is 4.14. The molecule has 1 heterocycles. The number of hydrogen-bond donors (Lipinski definition) is 1. The minimum absolute atomic E-state index is 0.213. The van der Waals surface area contributed by atoms with E-state index in [1.807, 2.05) is 28.9 Å². The summed E-state index contributed by atoms with van der Waals surface area (Å²) in [5.74, 6) is 0.721. The molecular weight excluding hydrogens is 274 g/mol. The second kappa shape index (κ2) is 6.29. The van der Waals surface area contributed by atoms with Crippen LogP contribution in [0.1, 0.15) is 37.2 Å². The molecule has 0 radical (unpaired) electrons. The molecule has 0 saturated carbocycles. The molecule has 2 rings (SSSR count). The number of ether oxygens (including phenoxy) is 1. The molecule has 0 aliphatic rings. The fourth-order valence-electron chi connectivity index (χ4n) is 2.27. The van der Waals surface area contributed by atoms with Gasteiger partial charge in [-0.05, 0) is 31.9 Å². The van der Waals surface area contributed by atoms with Crippen LogP contribution in [0.3, 0.4) is 0 Å². The number of benzene rings is 1. The zero-order valence-corrected chi connectivity index (χ0v) is 12.8. The van der Waals surface area contributed by atoms with Gasteiger partial charge in [-0.15, -0.1) is 0 Å². The lowest BCUT2D eigenvalue weighted by Gasteiger charge is -2.18. The third kappa shape index (κ3) is 2.97. The second-order valence-corrected chi connectivity index (χ2v) is 5.45. The van der Waals surface area contributed by atoms with Crippen molar-refractivity contribution in [2.75, 3.05) is 7.11 Å². The van der Waals surface area contributed by atoms with E-state index in [0.717, 1.165) is 22.0 Å². The predicted octanol–water partition coefficient (Wildman–Crippen LogP) is 3.37. The van der Waals surface area contributed by atoms with Gasteiger partial charge in [-0.3, -0.25) is 4.68 Å². The predicted molar refractivity (Wildman–Crippen MR) is 81.2 cm³/mol. The maximum absolute atomic E-state index is 6.36. The van der Waals surface area contributed by atoms with E-state index in [4.69, 9.17) is 22.1 Å². The van der Waals surface area contributed by atoms with E-state index in [2.05, 4.69) is 18.9 Å². The van der Waals surface area contributed by atoms with Crippen LogP contribution in [0.2, 0.25) is 5.02 Å². The van der Waals surface area contributed by atoms with Crippen molar-refractivity contribution in [2.24, 2.45) is 5.73 Å². The fourth-order valence-corrected chi connectivity index (χ4v) is 2.49. The van der Waals surface area contributed by atoms with Crippen molar-refractivity contribution in [3.63, 3.8) is 0 Å². The monoisotopic (exact) mass is 293 g/mol. The van der Waals surface area contributed by atoms with Gasteiger partial charge in [-0.25, -0.2) is 0 Å². The summed E-state index contributed by atoms with van der Waals surface area (Å²) >= 11 is 6.20. The summed E-state index contributed by atoms with van der Waals surface area (Å²) in [5.41, 5.74) is 8.29. The molecule has 1 aromatic carbocycles. The molecular formula is C15H20ClN3O. The zero-order chi connectivity index (χ0) is 14.7. The first-order chi connectivity index (χ1) is 9.54. The molecule has 4 nitrogen and oxygen atoms in total. The number of rotatable bonds is 5. The quantitative estimate of drug-likeness (QED) is 0.919. The largest absolute Gasteiger partial charge is 0.493 e.